The summed E-state index contributed by atoms with van der Waals surface area (Å²) in [7, 11) is 0. The molecule has 0 saturated carbocycles. The second kappa shape index (κ2) is 6.82. The first-order valence-electron chi connectivity index (χ1n) is 6.23. The molecule has 1 N–H and O–H groups in total. The maximum atomic E-state index is 11.6. The van der Waals surface area contributed by atoms with Gasteiger partial charge in [-0.1, -0.05) is 54.9 Å². The second-order valence-electron chi connectivity index (χ2n) is 4.20. The molecule has 2 rings (SSSR count). The van der Waals surface area contributed by atoms with E-state index in [4.69, 9.17) is 11.6 Å². The molecule has 0 radical (unpaired) electrons. The summed E-state index contributed by atoms with van der Waals surface area (Å²) < 4.78 is 1.69. The Kier molecular flexibility index (Phi) is 5.10. The van der Waals surface area contributed by atoms with E-state index in [9.17, 15) is 4.79 Å². The van der Waals surface area contributed by atoms with Crippen LogP contribution in [0.5, 0.6) is 0 Å². The third-order valence-corrected chi connectivity index (χ3v) is 4.17. The Morgan fingerprint density at radius 2 is 2.21 bits per heavy atom. The highest BCUT2D eigenvalue weighted by Crippen LogP contribution is 2.24. The third-order valence-electron chi connectivity index (χ3n) is 2.77. The van der Waals surface area contributed by atoms with E-state index in [0.717, 1.165) is 28.6 Å². The van der Waals surface area contributed by atoms with Gasteiger partial charge in [-0.25, -0.2) is 9.89 Å². The average molecular weight is 298 g/mol. The highest BCUT2D eigenvalue weighted by Gasteiger charge is 2.09. The van der Waals surface area contributed by atoms with E-state index in [-0.39, 0.29) is 5.69 Å². The van der Waals surface area contributed by atoms with Crippen LogP contribution in [0.15, 0.2) is 34.2 Å². The largest absolute Gasteiger partial charge is 0.343 e. The Morgan fingerprint density at radius 3 is 2.95 bits per heavy atom. The predicted octanol–water partition coefficient (Wildman–Crippen LogP) is 3.32. The van der Waals surface area contributed by atoms with Crippen LogP contribution in [0.3, 0.4) is 0 Å². The van der Waals surface area contributed by atoms with Crippen LogP contribution in [0.2, 0.25) is 5.02 Å². The van der Waals surface area contributed by atoms with Gasteiger partial charge < -0.3 is 0 Å². The van der Waals surface area contributed by atoms with E-state index in [1.807, 2.05) is 24.3 Å². The second-order valence-corrected chi connectivity index (χ2v) is 5.55. The normalized spacial score (nSPS) is 10.8. The molecular weight excluding hydrogens is 282 g/mol. The number of aromatic amines is 1. The first-order chi connectivity index (χ1) is 9.22. The number of unbranched alkanes of at least 4 members (excludes halogenated alkanes) is 1. The van der Waals surface area contributed by atoms with Crippen LogP contribution in [0, 0.1) is 0 Å². The predicted molar refractivity (Wildman–Crippen MR) is 78.8 cm³/mol. The summed E-state index contributed by atoms with van der Waals surface area (Å²) in [5, 5.41) is 8.02. The van der Waals surface area contributed by atoms with Crippen LogP contribution < -0.4 is 5.69 Å². The van der Waals surface area contributed by atoms with Gasteiger partial charge in [-0.05, 0) is 18.1 Å². The number of benzene rings is 1. The number of aromatic nitrogens is 3. The molecule has 4 nitrogen and oxygen atoms in total. The molecule has 0 fully saturated rings. The lowest BCUT2D eigenvalue weighted by molar-refractivity contribution is 0.573. The average Bonchev–Trinajstić information content (AvgIpc) is 2.76. The van der Waals surface area contributed by atoms with Gasteiger partial charge in [0.25, 0.3) is 0 Å². The Hall–Kier alpha value is -1.20. The zero-order valence-corrected chi connectivity index (χ0v) is 12.3. The van der Waals surface area contributed by atoms with E-state index in [1.54, 1.807) is 4.57 Å². The molecule has 0 aliphatic heterocycles. The first-order valence-corrected chi connectivity index (χ1v) is 7.60. The molecule has 0 bridgehead atoms. The number of nitrogens with one attached hydrogen (secondary N) is 1. The van der Waals surface area contributed by atoms with Crippen molar-refractivity contribution in [2.45, 2.75) is 37.2 Å². The number of nitrogens with zero attached hydrogens (tertiary/aromatic N) is 2. The molecule has 1 aromatic heterocycles. The van der Waals surface area contributed by atoms with Gasteiger partial charge in [0.1, 0.15) is 0 Å². The molecule has 0 atom stereocenters. The van der Waals surface area contributed by atoms with Gasteiger partial charge in [0.2, 0.25) is 0 Å². The molecule has 0 aliphatic rings. The summed E-state index contributed by atoms with van der Waals surface area (Å²) in [6.45, 7) is 2.80. The Bertz CT molecular complexity index is 594. The number of hydrogen-bond donors (Lipinski definition) is 1. The highest BCUT2D eigenvalue weighted by molar-refractivity contribution is 7.98. The molecule has 1 heterocycles. The van der Waals surface area contributed by atoms with Crippen LogP contribution in [0.25, 0.3) is 0 Å². The molecule has 19 heavy (non-hydrogen) atoms. The van der Waals surface area contributed by atoms with Crippen molar-refractivity contribution in [3.63, 3.8) is 0 Å². The number of H-pyrrole nitrogens is 1. The molecule has 0 unspecified atom stereocenters. The topological polar surface area (TPSA) is 50.7 Å². The molecule has 2 aromatic rings. The lowest BCUT2D eigenvalue weighted by atomic mass is 10.2. The summed E-state index contributed by atoms with van der Waals surface area (Å²) in [5.41, 5.74) is 0.904. The molecule has 0 aliphatic carbocycles. The third kappa shape index (κ3) is 3.64. The lowest BCUT2D eigenvalue weighted by Crippen LogP contribution is -2.17. The number of rotatable bonds is 6. The van der Waals surface area contributed by atoms with Gasteiger partial charge in [-0.2, -0.15) is 0 Å². The van der Waals surface area contributed by atoms with Crippen LogP contribution in [0.4, 0.5) is 0 Å². The standard InChI is InChI=1S/C13H16ClN3OS/c1-2-3-8-17-12(18)15-16-13(17)19-9-10-6-4-5-7-11(10)14/h4-7H,2-3,8-9H2,1H3,(H,15,18). The summed E-state index contributed by atoms with van der Waals surface area (Å²) in [6.07, 6.45) is 2.02. The first kappa shape index (κ1) is 14.2. The number of thioether (sulfide) groups is 1. The zero-order chi connectivity index (χ0) is 13.7. The molecule has 1 aromatic carbocycles. The van der Waals surface area contributed by atoms with Gasteiger partial charge in [0.15, 0.2) is 5.16 Å². The van der Waals surface area contributed by atoms with Crippen molar-refractivity contribution in [3.8, 4) is 0 Å². The van der Waals surface area contributed by atoms with Crippen molar-refractivity contribution in [3.05, 3.63) is 45.3 Å². The molecule has 6 heteroatoms. The van der Waals surface area contributed by atoms with Gasteiger partial charge in [0.05, 0.1) is 0 Å². The molecule has 0 amide bonds. The summed E-state index contributed by atoms with van der Waals surface area (Å²) in [6, 6.07) is 7.71. The molecule has 0 spiro atoms. The monoisotopic (exact) mass is 297 g/mol. The van der Waals surface area contributed by atoms with Crippen molar-refractivity contribution in [1.82, 2.24) is 14.8 Å². The minimum Gasteiger partial charge on any atom is -0.270 e. The quantitative estimate of drug-likeness (QED) is 0.832. The van der Waals surface area contributed by atoms with Crippen LogP contribution in [0.1, 0.15) is 25.3 Å². The summed E-state index contributed by atoms with van der Waals surface area (Å²) >= 11 is 7.63. The van der Waals surface area contributed by atoms with Crippen molar-refractivity contribution in [2.24, 2.45) is 0 Å². The SMILES string of the molecule is CCCCn1c(SCc2ccccc2Cl)n[nH]c1=O. The van der Waals surface area contributed by atoms with Gasteiger partial charge in [-0.3, -0.25) is 4.57 Å². The van der Waals surface area contributed by atoms with Crippen LogP contribution in [-0.2, 0) is 12.3 Å². The van der Waals surface area contributed by atoms with E-state index in [2.05, 4.69) is 17.1 Å². The summed E-state index contributed by atoms with van der Waals surface area (Å²) in [4.78, 5) is 11.6. The maximum absolute atomic E-state index is 11.6. The zero-order valence-electron chi connectivity index (χ0n) is 10.7. The fourth-order valence-electron chi connectivity index (χ4n) is 1.68. The smallest absolute Gasteiger partial charge is 0.270 e. The summed E-state index contributed by atoms with van der Waals surface area (Å²) in [5.74, 6) is 0.704. The molecule has 102 valence electrons. The van der Waals surface area contributed by atoms with Gasteiger partial charge in [0, 0.05) is 17.3 Å². The molecule has 0 saturated heterocycles. The lowest BCUT2D eigenvalue weighted by Gasteiger charge is -2.05. The van der Waals surface area contributed by atoms with Crippen molar-refractivity contribution >= 4 is 23.4 Å². The minimum absolute atomic E-state index is 0.143. The van der Waals surface area contributed by atoms with E-state index in [1.165, 1.54) is 11.8 Å². The van der Waals surface area contributed by atoms with Gasteiger partial charge >= 0.3 is 5.69 Å². The maximum Gasteiger partial charge on any atom is 0.343 e. The van der Waals surface area contributed by atoms with Crippen molar-refractivity contribution in [1.29, 1.82) is 0 Å². The van der Waals surface area contributed by atoms with Crippen molar-refractivity contribution < 1.29 is 0 Å². The van der Waals surface area contributed by atoms with E-state index in [0.29, 0.717) is 12.3 Å². The minimum atomic E-state index is -0.143. The fraction of sp³-hybridized carbons (Fsp3) is 0.385. The Morgan fingerprint density at radius 1 is 1.42 bits per heavy atom. The highest BCUT2D eigenvalue weighted by atomic mass is 35.5. The Labute approximate surface area is 121 Å². The fourth-order valence-corrected chi connectivity index (χ4v) is 2.94. The Balaban J connectivity index is 2.07. The molecular formula is C13H16ClN3OS. The van der Waals surface area contributed by atoms with Crippen molar-refractivity contribution in [2.75, 3.05) is 0 Å². The van der Waals surface area contributed by atoms with E-state index < -0.39 is 0 Å². The number of hydrogen-bond acceptors (Lipinski definition) is 3. The van der Waals surface area contributed by atoms with Crippen LogP contribution >= 0.6 is 23.4 Å². The number of halogens is 1. The van der Waals surface area contributed by atoms with Gasteiger partial charge in [-0.15, -0.1) is 5.10 Å². The van der Waals surface area contributed by atoms with Crippen LogP contribution in [-0.4, -0.2) is 14.8 Å². The van der Waals surface area contributed by atoms with E-state index >= 15 is 0 Å².